The predicted molar refractivity (Wildman–Crippen MR) is 69.9 cm³/mol. The Morgan fingerprint density at radius 3 is 0.800 bits per heavy atom. The molecule has 0 fully saturated rings. The van der Waals surface area contributed by atoms with Crippen LogP contribution in [-0.2, 0) is 0 Å². The van der Waals surface area contributed by atoms with Crippen LogP contribution >= 0.6 is 16.6 Å². The van der Waals surface area contributed by atoms with E-state index in [9.17, 15) is 43.9 Å². The molecule has 0 aliphatic rings. The van der Waals surface area contributed by atoms with Gasteiger partial charge in [0, 0.05) is 0 Å². The molecule has 2 aromatic carbocycles. The van der Waals surface area contributed by atoms with Crippen molar-refractivity contribution in [1.82, 2.24) is 0 Å². The average molecular weight is 605 g/mol. The molecule has 0 aliphatic heterocycles. The van der Waals surface area contributed by atoms with Crippen LogP contribution in [-0.4, -0.2) is 21.2 Å². The minimum absolute atomic E-state index is 0.128. The van der Waals surface area contributed by atoms with Crippen molar-refractivity contribution >= 4 is 37.9 Å². The van der Waals surface area contributed by atoms with Gasteiger partial charge >= 0.3 is 150 Å². The maximum atomic E-state index is 13.4. The molecule has 0 atom stereocenters. The van der Waals surface area contributed by atoms with Crippen molar-refractivity contribution in [3.63, 3.8) is 0 Å². The fourth-order valence-corrected chi connectivity index (χ4v) is 14.5. The van der Waals surface area contributed by atoms with E-state index in [2.05, 4.69) is 0 Å². The molecule has 0 N–H and O–H groups in total. The van der Waals surface area contributed by atoms with Crippen molar-refractivity contribution in [2.75, 3.05) is 0 Å². The number of rotatable bonds is 4. The van der Waals surface area contributed by atoms with Gasteiger partial charge in [0.2, 0.25) is 0 Å². The zero-order chi connectivity index (χ0) is 19.0. The summed E-state index contributed by atoms with van der Waals surface area (Å²) in [6.07, 6.45) is 0. The van der Waals surface area contributed by atoms with Gasteiger partial charge in [-0.1, -0.05) is 0 Å². The third kappa shape index (κ3) is 3.74. The Labute approximate surface area is 149 Å². The number of hydrogen-bond donors (Lipinski definition) is 0. The first-order chi connectivity index (χ1) is 11.6. The molecule has 0 heterocycles. The van der Waals surface area contributed by atoms with Crippen molar-refractivity contribution in [2.24, 2.45) is 0 Å². The van der Waals surface area contributed by atoms with Gasteiger partial charge in [-0.15, -0.1) is 0 Å². The van der Waals surface area contributed by atoms with Crippen LogP contribution in [0.2, 0.25) is 0 Å². The van der Waals surface area contributed by atoms with Crippen molar-refractivity contribution in [3.05, 3.63) is 58.2 Å². The summed E-state index contributed by atoms with van der Waals surface area (Å²) in [5.41, 5.74) is 0. The molecule has 2 rings (SSSR count). The van der Waals surface area contributed by atoms with Crippen LogP contribution < -0.4 is 0 Å². The zero-order valence-corrected chi connectivity index (χ0v) is 16.6. The topological polar surface area (TPSA) is 0 Å². The summed E-state index contributed by atoms with van der Waals surface area (Å²) in [4.78, 5) is -2.53. The first-order valence-electron chi connectivity index (χ1n) is 5.71. The van der Waals surface area contributed by atoms with Crippen LogP contribution in [0.1, 0.15) is 0 Å². The van der Waals surface area contributed by atoms with Crippen LogP contribution in [0.25, 0.3) is 0 Å². The molecule has 2 aromatic rings. The molecule has 0 nitrogen and oxygen atoms in total. The van der Waals surface area contributed by atoms with Crippen LogP contribution in [0, 0.1) is 58.2 Å². The Balaban J connectivity index is 2.29. The molecule has 0 aliphatic carbocycles. The third-order valence-corrected chi connectivity index (χ3v) is 15.0. The summed E-state index contributed by atoms with van der Waals surface area (Å²) in [5.74, 6) is -22.1. The van der Waals surface area contributed by atoms with E-state index >= 15 is 0 Å². The van der Waals surface area contributed by atoms with Gasteiger partial charge in [0.1, 0.15) is 0 Å². The van der Waals surface area contributed by atoms with E-state index in [1.807, 2.05) is 0 Å². The molecular formula is C12F10PbS2+2. The van der Waals surface area contributed by atoms with Crippen molar-refractivity contribution in [2.45, 2.75) is 9.79 Å². The summed E-state index contributed by atoms with van der Waals surface area (Å²) in [6, 6.07) is 0. The molecule has 0 saturated heterocycles. The zero-order valence-electron chi connectivity index (χ0n) is 11.1. The van der Waals surface area contributed by atoms with Gasteiger partial charge in [0.15, 0.2) is 0 Å². The van der Waals surface area contributed by atoms with Crippen molar-refractivity contribution in [1.29, 1.82) is 0 Å². The Bertz CT molecular complexity index is 729. The molecule has 0 unspecified atom stereocenters. The third-order valence-electron chi connectivity index (χ3n) is 2.63. The second kappa shape index (κ2) is 7.94. The van der Waals surface area contributed by atoms with Gasteiger partial charge in [-0.25, -0.2) is 0 Å². The maximum absolute atomic E-state index is 13.4. The molecule has 0 saturated carbocycles. The van der Waals surface area contributed by atoms with E-state index < -0.39 is 89.2 Å². The molecule has 0 bridgehead atoms. The van der Waals surface area contributed by atoms with Crippen LogP contribution in [0.4, 0.5) is 43.9 Å². The van der Waals surface area contributed by atoms with Gasteiger partial charge in [0.25, 0.3) is 0 Å². The van der Waals surface area contributed by atoms with E-state index in [1.54, 1.807) is 0 Å². The van der Waals surface area contributed by atoms with E-state index in [4.69, 9.17) is 0 Å². The van der Waals surface area contributed by atoms with Crippen molar-refractivity contribution in [3.8, 4) is 0 Å². The Hall–Kier alpha value is -0.638. The average Bonchev–Trinajstić information content (AvgIpc) is 2.60. The second-order valence-corrected chi connectivity index (χ2v) is 16.6. The van der Waals surface area contributed by atoms with Gasteiger partial charge in [0.05, 0.1) is 0 Å². The van der Waals surface area contributed by atoms with Crippen LogP contribution in [0.3, 0.4) is 0 Å². The van der Waals surface area contributed by atoms with Crippen molar-refractivity contribution < 1.29 is 43.9 Å². The van der Waals surface area contributed by atoms with Gasteiger partial charge in [-0.3, -0.25) is 0 Å². The summed E-state index contributed by atoms with van der Waals surface area (Å²) in [7, 11) is 0.255. The summed E-state index contributed by atoms with van der Waals surface area (Å²) in [6.45, 7) is 0. The first-order valence-corrected chi connectivity index (χ1v) is 16.9. The van der Waals surface area contributed by atoms with Crippen LogP contribution in [0.15, 0.2) is 9.79 Å². The van der Waals surface area contributed by atoms with E-state index in [0.717, 1.165) is 0 Å². The first kappa shape index (κ1) is 20.7. The number of hydrogen-bond acceptors (Lipinski definition) is 2. The molecule has 0 spiro atoms. The summed E-state index contributed by atoms with van der Waals surface area (Å²) < 4.78 is 132. The molecule has 25 heavy (non-hydrogen) atoms. The van der Waals surface area contributed by atoms with Gasteiger partial charge in [-0.2, -0.15) is 0 Å². The summed E-state index contributed by atoms with van der Waals surface area (Å²) >= 11 is -2.75. The summed E-state index contributed by atoms with van der Waals surface area (Å²) in [5, 5.41) is 0. The fraction of sp³-hybridized carbons (Fsp3) is 0. The molecule has 132 valence electrons. The second-order valence-electron chi connectivity index (χ2n) is 4.09. The Morgan fingerprint density at radius 1 is 0.360 bits per heavy atom. The fourth-order valence-electron chi connectivity index (χ4n) is 1.45. The van der Waals surface area contributed by atoms with Gasteiger partial charge in [-0.05, 0) is 0 Å². The van der Waals surface area contributed by atoms with E-state index in [0.29, 0.717) is 0 Å². The van der Waals surface area contributed by atoms with Gasteiger partial charge < -0.3 is 0 Å². The normalized spacial score (nSPS) is 11.0. The van der Waals surface area contributed by atoms with E-state index in [-0.39, 0.29) is 16.6 Å². The monoisotopic (exact) mass is 606 g/mol. The standard InChI is InChI=1S/2C6HF5S.Pb/c2*7-1-2(8)4(10)6(12)5(11)3(1)9;/h2*12H;/q;;+4/p-2. The Morgan fingerprint density at radius 2 is 0.560 bits per heavy atom. The molecule has 0 aromatic heterocycles. The molecule has 0 radical (unpaired) electrons. The number of benzene rings is 2. The molecule has 13 heteroatoms. The molecule has 0 amide bonds. The predicted octanol–water partition coefficient (Wildman–Crippen LogP) is 5.50. The van der Waals surface area contributed by atoms with Crippen LogP contribution in [0.5, 0.6) is 0 Å². The Kier molecular flexibility index (Phi) is 6.56. The number of halogens is 10. The van der Waals surface area contributed by atoms with E-state index in [1.165, 1.54) is 0 Å². The molecular weight excluding hydrogens is 605 g/mol. The quantitative estimate of drug-likeness (QED) is 0.196. The minimum atomic E-state index is -2.75. The SMILES string of the molecule is Fc1c(F)c(F)c([S][Pb+2][S]c2c(F)c(F)c(F)c(F)c2F)c(F)c1F.